The molecule has 0 aliphatic heterocycles. The fraction of sp³-hybridized carbons (Fsp3) is 0.400. The third kappa shape index (κ3) is 3.51. The Balaban J connectivity index is 2.26. The Morgan fingerprint density at radius 1 is 1.30 bits per heavy atom. The summed E-state index contributed by atoms with van der Waals surface area (Å²) in [5.74, 6) is 0. The number of nitrogens with one attached hydrogen (secondary N) is 1. The Kier molecular flexibility index (Phi) is 5.41. The molecule has 1 N–H and O–H groups in total. The summed E-state index contributed by atoms with van der Waals surface area (Å²) < 4.78 is 4.18. The first-order chi connectivity index (χ1) is 9.55. The zero-order chi connectivity index (χ0) is 14.7. The molecule has 2 rings (SSSR count). The predicted molar refractivity (Wildman–Crippen MR) is 89.9 cm³/mol. The Bertz CT molecular complexity index is 593. The third-order valence-electron chi connectivity index (χ3n) is 3.49. The van der Waals surface area contributed by atoms with Crippen LogP contribution in [0.15, 0.2) is 33.2 Å². The minimum absolute atomic E-state index is 0.262. The molecule has 0 spiro atoms. The lowest BCUT2D eigenvalue weighted by Gasteiger charge is -2.18. The van der Waals surface area contributed by atoms with E-state index in [0.717, 1.165) is 27.5 Å². The average Bonchev–Trinajstić information content (AvgIpc) is 2.77. The van der Waals surface area contributed by atoms with E-state index >= 15 is 0 Å². The van der Waals surface area contributed by atoms with E-state index in [1.54, 1.807) is 0 Å². The predicted octanol–water partition coefficient (Wildman–Crippen LogP) is 4.01. The first kappa shape index (κ1) is 15.7. The van der Waals surface area contributed by atoms with E-state index in [4.69, 9.17) is 0 Å². The number of halogens is 2. The number of aromatic nitrogens is 2. The van der Waals surface area contributed by atoms with Crippen molar-refractivity contribution in [1.29, 1.82) is 0 Å². The Hall–Kier alpha value is -0.650. The largest absolute Gasteiger partial charge is 0.313 e. The Morgan fingerprint density at radius 2 is 2.05 bits per heavy atom. The van der Waals surface area contributed by atoms with Crippen molar-refractivity contribution in [3.63, 3.8) is 0 Å². The van der Waals surface area contributed by atoms with Crippen molar-refractivity contribution in [2.24, 2.45) is 7.05 Å². The molecule has 0 saturated heterocycles. The van der Waals surface area contributed by atoms with Gasteiger partial charge in [-0.3, -0.25) is 4.68 Å². The average molecular weight is 401 g/mol. The molecule has 108 valence electrons. The molecular formula is C15H19Br2N3. The molecule has 0 amide bonds. The van der Waals surface area contributed by atoms with Gasteiger partial charge < -0.3 is 5.32 Å². The van der Waals surface area contributed by atoms with Crippen LogP contribution in [0.4, 0.5) is 0 Å². The topological polar surface area (TPSA) is 29.9 Å². The van der Waals surface area contributed by atoms with Gasteiger partial charge in [0.2, 0.25) is 0 Å². The van der Waals surface area contributed by atoms with E-state index < -0.39 is 0 Å². The molecular weight excluding hydrogens is 382 g/mol. The van der Waals surface area contributed by atoms with E-state index in [2.05, 4.69) is 73.5 Å². The van der Waals surface area contributed by atoms with Crippen molar-refractivity contribution in [1.82, 2.24) is 15.1 Å². The number of likely N-dealkylation sites (N-methyl/N-ethyl adjacent to an activating group) is 1. The molecule has 0 bridgehead atoms. The van der Waals surface area contributed by atoms with Crippen LogP contribution in [0.5, 0.6) is 0 Å². The van der Waals surface area contributed by atoms with Crippen molar-refractivity contribution in [2.75, 3.05) is 7.05 Å². The molecule has 1 aromatic carbocycles. The second kappa shape index (κ2) is 6.87. The van der Waals surface area contributed by atoms with Crippen LogP contribution in [0.3, 0.4) is 0 Å². The summed E-state index contributed by atoms with van der Waals surface area (Å²) in [6.07, 6.45) is 1.89. The highest BCUT2D eigenvalue weighted by Crippen LogP contribution is 2.28. The van der Waals surface area contributed by atoms with Crippen LogP contribution < -0.4 is 5.32 Å². The maximum Gasteiger partial charge on any atom is 0.0624 e. The van der Waals surface area contributed by atoms with Crippen molar-refractivity contribution in [3.8, 4) is 0 Å². The zero-order valence-electron chi connectivity index (χ0n) is 12.0. The molecule has 1 heterocycles. The smallest absolute Gasteiger partial charge is 0.0624 e. The molecule has 1 aromatic heterocycles. The van der Waals surface area contributed by atoms with Gasteiger partial charge in [-0.15, -0.1) is 0 Å². The van der Waals surface area contributed by atoms with Gasteiger partial charge in [-0.25, -0.2) is 0 Å². The number of benzene rings is 1. The van der Waals surface area contributed by atoms with Gasteiger partial charge in [0.1, 0.15) is 0 Å². The summed E-state index contributed by atoms with van der Waals surface area (Å²) in [5, 5.41) is 7.91. The number of rotatable bonds is 5. The molecule has 1 unspecified atom stereocenters. The monoisotopic (exact) mass is 399 g/mol. The minimum Gasteiger partial charge on any atom is -0.313 e. The van der Waals surface area contributed by atoms with Crippen LogP contribution in [0, 0.1) is 0 Å². The number of hydrogen-bond donors (Lipinski definition) is 1. The second-order valence-corrected chi connectivity index (χ2v) is 6.59. The molecule has 0 fully saturated rings. The zero-order valence-corrected chi connectivity index (χ0v) is 15.1. The first-order valence-electron chi connectivity index (χ1n) is 6.69. The van der Waals surface area contributed by atoms with E-state index in [9.17, 15) is 0 Å². The van der Waals surface area contributed by atoms with Gasteiger partial charge in [0.05, 0.1) is 5.69 Å². The summed E-state index contributed by atoms with van der Waals surface area (Å²) >= 11 is 7.14. The summed E-state index contributed by atoms with van der Waals surface area (Å²) in [5.41, 5.74) is 3.65. The molecule has 2 aromatic rings. The minimum atomic E-state index is 0.262. The number of aryl methyl sites for hydroxylation is 2. The van der Waals surface area contributed by atoms with E-state index in [1.807, 2.05) is 18.8 Å². The third-order valence-corrected chi connectivity index (χ3v) is 4.67. The fourth-order valence-electron chi connectivity index (χ4n) is 2.30. The van der Waals surface area contributed by atoms with Gasteiger partial charge in [0.25, 0.3) is 0 Å². The Morgan fingerprint density at radius 3 is 2.60 bits per heavy atom. The SMILES string of the molecule is CCc1cc(CC(NC)c2ccc(Br)cc2Br)n(C)n1. The van der Waals surface area contributed by atoms with Crippen LogP contribution in [0.25, 0.3) is 0 Å². The quantitative estimate of drug-likeness (QED) is 0.821. The van der Waals surface area contributed by atoms with Crippen LogP contribution in [0.2, 0.25) is 0 Å². The molecule has 20 heavy (non-hydrogen) atoms. The van der Waals surface area contributed by atoms with E-state index in [0.29, 0.717) is 0 Å². The second-order valence-electron chi connectivity index (χ2n) is 4.82. The summed E-state index contributed by atoms with van der Waals surface area (Å²) in [6.45, 7) is 2.13. The lowest BCUT2D eigenvalue weighted by Crippen LogP contribution is -2.20. The van der Waals surface area contributed by atoms with Crippen LogP contribution in [0.1, 0.15) is 29.9 Å². The van der Waals surface area contributed by atoms with Crippen molar-refractivity contribution >= 4 is 31.9 Å². The van der Waals surface area contributed by atoms with Gasteiger partial charge in [-0.05, 0) is 37.2 Å². The summed E-state index contributed by atoms with van der Waals surface area (Å²) in [4.78, 5) is 0. The standard InChI is InChI=1S/C15H19Br2N3/c1-4-11-8-12(20(3)19-11)9-15(18-2)13-6-5-10(16)7-14(13)17/h5-8,15,18H,4,9H2,1-3H3. The number of nitrogens with zero attached hydrogens (tertiary/aromatic N) is 2. The Labute approximate surface area is 137 Å². The van der Waals surface area contributed by atoms with Gasteiger partial charge >= 0.3 is 0 Å². The van der Waals surface area contributed by atoms with Gasteiger partial charge in [-0.1, -0.05) is 44.8 Å². The highest BCUT2D eigenvalue weighted by atomic mass is 79.9. The van der Waals surface area contributed by atoms with E-state index in [1.165, 1.54) is 11.3 Å². The van der Waals surface area contributed by atoms with Crippen LogP contribution >= 0.6 is 31.9 Å². The summed E-state index contributed by atoms with van der Waals surface area (Å²) in [7, 11) is 4.01. The summed E-state index contributed by atoms with van der Waals surface area (Å²) in [6, 6.07) is 8.76. The van der Waals surface area contributed by atoms with Gasteiger partial charge in [0, 0.05) is 34.1 Å². The normalized spacial score (nSPS) is 12.7. The van der Waals surface area contributed by atoms with Gasteiger partial charge in [-0.2, -0.15) is 5.10 Å². The van der Waals surface area contributed by atoms with E-state index in [-0.39, 0.29) is 6.04 Å². The van der Waals surface area contributed by atoms with Crippen molar-refractivity contribution in [2.45, 2.75) is 25.8 Å². The van der Waals surface area contributed by atoms with Crippen molar-refractivity contribution in [3.05, 3.63) is 50.2 Å². The fourth-order valence-corrected chi connectivity index (χ4v) is 3.62. The van der Waals surface area contributed by atoms with Gasteiger partial charge in [0.15, 0.2) is 0 Å². The van der Waals surface area contributed by atoms with Crippen molar-refractivity contribution < 1.29 is 0 Å². The lowest BCUT2D eigenvalue weighted by molar-refractivity contribution is 0.559. The molecule has 5 heteroatoms. The molecule has 0 aliphatic carbocycles. The molecule has 0 saturated carbocycles. The molecule has 0 aliphatic rings. The van der Waals surface area contributed by atoms with Crippen LogP contribution in [-0.2, 0) is 19.9 Å². The maximum absolute atomic E-state index is 4.52. The molecule has 0 radical (unpaired) electrons. The maximum atomic E-state index is 4.52. The number of hydrogen-bond acceptors (Lipinski definition) is 2. The molecule has 3 nitrogen and oxygen atoms in total. The first-order valence-corrected chi connectivity index (χ1v) is 8.27. The highest BCUT2D eigenvalue weighted by Gasteiger charge is 2.16. The molecule has 1 atom stereocenters. The highest BCUT2D eigenvalue weighted by molar-refractivity contribution is 9.11. The lowest BCUT2D eigenvalue weighted by atomic mass is 10.0. The van der Waals surface area contributed by atoms with Crippen LogP contribution in [-0.4, -0.2) is 16.8 Å².